The molecule has 0 spiro atoms. The molecule has 0 aromatic heterocycles. The summed E-state index contributed by atoms with van der Waals surface area (Å²) in [5.74, 6) is -1.81. The molecular weight excluding hydrogens is 283 g/mol. The summed E-state index contributed by atoms with van der Waals surface area (Å²) in [6, 6.07) is 3.15. The second-order valence-electron chi connectivity index (χ2n) is 3.55. The SMILES string of the molecule is CCOC(=O)Cc1cccc([N+](=O)[O-])c1OC(F)(F)F. The molecule has 20 heavy (non-hydrogen) atoms. The van der Waals surface area contributed by atoms with Gasteiger partial charge in [0.1, 0.15) is 0 Å². The average molecular weight is 293 g/mol. The molecule has 110 valence electrons. The van der Waals surface area contributed by atoms with Crippen molar-refractivity contribution in [3.63, 3.8) is 0 Å². The number of carbonyl (C=O) groups is 1. The van der Waals surface area contributed by atoms with Crippen LogP contribution in [0.3, 0.4) is 0 Å². The molecule has 0 atom stereocenters. The molecule has 0 amide bonds. The standard InChI is InChI=1S/C11H10F3NO5/c1-2-19-9(16)6-7-4-3-5-8(15(17)18)10(7)20-11(12,13)14/h3-5H,2,6H2,1H3. The van der Waals surface area contributed by atoms with E-state index in [2.05, 4.69) is 9.47 Å². The summed E-state index contributed by atoms with van der Waals surface area (Å²) >= 11 is 0. The third-order valence-electron chi connectivity index (χ3n) is 2.13. The molecule has 9 heteroatoms. The van der Waals surface area contributed by atoms with E-state index in [0.717, 1.165) is 18.2 Å². The van der Waals surface area contributed by atoms with Crippen molar-refractivity contribution in [1.29, 1.82) is 0 Å². The summed E-state index contributed by atoms with van der Waals surface area (Å²) in [6.07, 6.45) is -5.66. The number of nitrogens with zero attached hydrogens (tertiary/aromatic N) is 1. The van der Waals surface area contributed by atoms with E-state index < -0.39 is 35.1 Å². The van der Waals surface area contributed by atoms with Gasteiger partial charge in [-0.15, -0.1) is 13.2 Å². The number of halogens is 3. The van der Waals surface area contributed by atoms with Gasteiger partial charge in [0.2, 0.25) is 5.75 Å². The number of nitro benzene ring substituents is 1. The quantitative estimate of drug-likeness (QED) is 0.473. The first-order valence-electron chi connectivity index (χ1n) is 5.42. The smallest absolute Gasteiger partial charge is 0.466 e. The van der Waals surface area contributed by atoms with Crippen LogP contribution in [0.1, 0.15) is 12.5 Å². The molecule has 0 bridgehead atoms. The molecule has 0 fully saturated rings. The topological polar surface area (TPSA) is 78.7 Å². The van der Waals surface area contributed by atoms with Crippen molar-refractivity contribution in [3.05, 3.63) is 33.9 Å². The van der Waals surface area contributed by atoms with Crippen LogP contribution in [0.15, 0.2) is 18.2 Å². The zero-order valence-corrected chi connectivity index (χ0v) is 10.3. The minimum Gasteiger partial charge on any atom is -0.466 e. The fourth-order valence-corrected chi connectivity index (χ4v) is 1.46. The molecule has 0 heterocycles. The second kappa shape index (κ2) is 6.22. The lowest BCUT2D eigenvalue weighted by Crippen LogP contribution is -2.20. The fourth-order valence-electron chi connectivity index (χ4n) is 1.46. The molecule has 0 N–H and O–H groups in total. The Bertz CT molecular complexity index is 515. The number of alkyl halides is 3. The van der Waals surface area contributed by atoms with E-state index in [1.807, 2.05) is 0 Å². The molecule has 1 rings (SSSR count). The highest BCUT2D eigenvalue weighted by atomic mass is 19.4. The van der Waals surface area contributed by atoms with E-state index in [1.54, 1.807) is 0 Å². The number of ether oxygens (including phenoxy) is 2. The molecule has 0 radical (unpaired) electrons. The van der Waals surface area contributed by atoms with E-state index in [9.17, 15) is 28.1 Å². The van der Waals surface area contributed by atoms with Crippen LogP contribution in [0, 0.1) is 10.1 Å². The summed E-state index contributed by atoms with van der Waals surface area (Å²) in [5.41, 5.74) is -1.14. The number of esters is 1. The number of hydrogen-bond donors (Lipinski definition) is 0. The third kappa shape index (κ3) is 4.41. The molecule has 6 nitrogen and oxygen atoms in total. The van der Waals surface area contributed by atoms with Gasteiger partial charge in [-0.3, -0.25) is 14.9 Å². The predicted octanol–water partition coefficient (Wildman–Crippen LogP) is 2.60. The van der Waals surface area contributed by atoms with Gasteiger partial charge in [-0.1, -0.05) is 12.1 Å². The summed E-state index contributed by atoms with van der Waals surface area (Å²) in [7, 11) is 0. The zero-order chi connectivity index (χ0) is 15.3. The van der Waals surface area contributed by atoms with Crippen LogP contribution >= 0.6 is 0 Å². The molecule has 0 saturated heterocycles. The Morgan fingerprint density at radius 3 is 2.55 bits per heavy atom. The number of carbonyl (C=O) groups excluding carboxylic acids is 1. The van der Waals surface area contributed by atoms with Crippen molar-refractivity contribution >= 4 is 11.7 Å². The normalized spacial score (nSPS) is 11.0. The Labute approximate surface area is 111 Å². The van der Waals surface area contributed by atoms with E-state index in [-0.39, 0.29) is 12.2 Å². The van der Waals surface area contributed by atoms with Gasteiger partial charge in [-0.2, -0.15) is 0 Å². The van der Waals surface area contributed by atoms with Crippen LogP contribution in [0.4, 0.5) is 18.9 Å². The Morgan fingerprint density at radius 2 is 2.05 bits per heavy atom. The molecule has 0 unspecified atom stereocenters. The molecule has 0 aliphatic rings. The van der Waals surface area contributed by atoms with Gasteiger partial charge in [-0.25, -0.2) is 0 Å². The first kappa shape index (κ1) is 15.7. The molecular formula is C11H10F3NO5. The number of benzene rings is 1. The van der Waals surface area contributed by atoms with E-state index in [1.165, 1.54) is 6.92 Å². The van der Waals surface area contributed by atoms with Crippen LogP contribution in [0.5, 0.6) is 5.75 Å². The van der Waals surface area contributed by atoms with Gasteiger partial charge < -0.3 is 9.47 Å². The minimum absolute atomic E-state index is 0.0449. The van der Waals surface area contributed by atoms with Crippen molar-refractivity contribution in [3.8, 4) is 5.75 Å². The first-order valence-corrected chi connectivity index (χ1v) is 5.42. The van der Waals surface area contributed by atoms with Crippen molar-refractivity contribution in [2.45, 2.75) is 19.7 Å². The van der Waals surface area contributed by atoms with Gasteiger partial charge in [0.05, 0.1) is 18.0 Å². The molecule has 0 aliphatic carbocycles. The lowest BCUT2D eigenvalue weighted by Gasteiger charge is -2.13. The maximum atomic E-state index is 12.3. The van der Waals surface area contributed by atoms with Gasteiger partial charge in [0, 0.05) is 11.6 Å². The number of para-hydroxylation sites is 1. The molecule has 1 aromatic rings. The van der Waals surface area contributed by atoms with E-state index in [4.69, 9.17) is 0 Å². The predicted molar refractivity (Wildman–Crippen MR) is 60.1 cm³/mol. The highest BCUT2D eigenvalue weighted by Crippen LogP contribution is 2.35. The molecule has 1 aromatic carbocycles. The summed E-state index contributed by atoms with van der Waals surface area (Å²) < 4.78 is 45.1. The van der Waals surface area contributed by atoms with Crippen LogP contribution in [-0.2, 0) is 16.0 Å². The van der Waals surface area contributed by atoms with Gasteiger partial charge in [0.25, 0.3) is 0 Å². The summed E-state index contributed by atoms with van der Waals surface area (Å²) in [5, 5.41) is 10.7. The van der Waals surface area contributed by atoms with Crippen LogP contribution in [0.2, 0.25) is 0 Å². The summed E-state index contributed by atoms with van der Waals surface area (Å²) in [4.78, 5) is 21.0. The van der Waals surface area contributed by atoms with Crippen molar-refractivity contribution in [2.24, 2.45) is 0 Å². The largest absolute Gasteiger partial charge is 0.573 e. The Morgan fingerprint density at radius 1 is 1.40 bits per heavy atom. The summed E-state index contributed by atoms with van der Waals surface area (Å²) in [6.45, 7) is 1.57. The Kier molecular flexibility index (Phi) is 4.89. The lowest BCUT2D eigenvalue weighted by molar-refractivity contribution is -0.388. The monoisotopic (exact) mass is 293 g/mol. The Hall–Kier alpha value is -2.32. The number of hydrogen-bond acceptors (Lipinski definition) is 5. The zero-order valence-electron chi connectivity index (χ0n) is 10.3. The van der Waals surface area contributed by atoms with Crippen molar-refractivity contribution in [1.82, 2.24) is 0 Å². The van der Waals surface area contributed by atoms with Gasteiger partial charge in [-0.05, 0) is 6.92 Å². The third-order valence-corrected chi connectivity index (χ3v) is 2.13. The van der Waals surface area contributed by atoms with Crippen LogP contribution < -0.4 is 4.74 Å². The van der Waals surface area contributed by atoms with E-state index >= 15 is 0 Å². The lowest BCUT2D eigenvalue weighted by atomic mass is 10.1. The number of rotatable bonds is 5. The molecule has 0 saturated carbocycles. The fraction of sp³-hybridized carbons (Fsp3) is 0.364. The first-order chi connectivity index (χ1) is 9.24. The van der Waals surface area contributed by atoms with Crippen molar-refractivity contribution in [2.75, 3.05) is 6.61 Å². The highest BCUT2D eigenvalue weighted by Gasteiger charge is 2.36. The average Bonchev–Trinajstić information content (AvgIpc) is 2.29. The second-order valence-corrected chi connectivity index (χ2v) is 3.55. The highest BCUT2D eigenvalue weighted by molar-refractivity contribution is 5.74. The Balaban J connectivity index is 3.18. The minimum atomic E-state index is -5.10. The maximum absolute atomic E-state index is 12.3. The number of nitro groups is 1. The molecule has 0 aliphatic heterocycles. The maximum Gasteiger partial charge on any atom is 0.573 e. The van der Waals surface area contributed by atoms with Crippen molar-refractivity contribution < 1.29 is 32.4 Å². The van der Waals surface area contributed by atoms with E-state index in [0.29, 0.717) is 0 Å². The van der Waals surface area contributed by atoms with Crippen LogP contribution in [-0.4, -0.2) is 23.9 Å². The van der Waals surface area contributed by atoms with Crippen LogP contribution in [0.25, 0.3) is 0 Å². The van der Waals surface area contributed by atoms with Gasteiger partial charge in [0.15, 0.2) is 0 Å². The van der Waals surface area contributed by atoms with Gasteiger partial charge >= 0.3 is 18.0 Å².